The Hall–Kier alpha value is 0.110. The van der Waals surface area contributed by atoms with E-state index in [9.17, 15) is 8.78 Å². The molecule has 0 radical (unpaired) electrons. The Morgan fingerprint density at radius 1 is 1.60 bits per heavy atom. The molecule has 1 nitrogen and oxygen atoms in total. The minimum absolute atomic E-state index is 0.0563. The van der Waals surface area contributed by atoms with E-state index < -0.39 is 12.0 Å². The SMILES string of the molecule is OC(CCl)C1CC(F)(F)C1. The van der Waals surface area contributed by atoms with Crippen LogP contribution in [0.4, 0.5) is 8.78 Å². The molecule has 0 saturated heterocycles. The summed E-state index contributed by atoms with van der Waals surface area (Å²) in [6.07, 6.45) is -1.16. The Bertz CT molecular complexity index is 121. The van der Waals surface area contributed by atoms with E-state index in [-0.39, 0.29) is 24.6 Å². The third-order valence-electron chi connectivity index (χ3n) is 1.82. The topological polar surface area (TPSA) is 20.2 Å². The Morgan fingerprint density at radius 3 is 2.40 bits per heavy atom. The summed E-state index contributed by atoms with van der Waals surface area (Å²) in [6.45, 7) is 0. The highest BCUT2D eigenvalue weighted by atomic mass is 35.5. The molecule has 0 aliphatic heterocycles. The molecule has 0 heterocycles. The number of rotatable bonds is 2. The molecule has 1 unspecified atom stereocenters. The van der Waals surface area contributed by atoms with Crippen LogP contribution >= 0.6 is 11.6 Å². The summed E-state index contributed by atoms with van der Waals surface area (Å²) >= 11 is 5.26. The van der Waals surface area contributed by atoms with Gasteiger partial charge in [-0.15, -0.1) is 11.6 Å². The normalized spacial score (nSPS) is 27.6. The molecule has 1 atom stereocenters. The first-order valence-electron chi connectivity index (χ1n) is 3.17. The Balaban J connectivity index is 2.26. The van der Waals surface area contributed by atoms with Crippen molar-refractivity contribution in [1.29, 1.82) is 0 Å². The number of aliphatic hydroxyl groups excluding tert-OH is 1. The highest BCUT2D eigenvalue weighted by Gasteiger charge is 2.47. The van der Waals surface area contributed by atoms with E-state index >= 15 is 0 Å². The second-order valence-corrected chi connectivity index (χ2v) is 3.05. The van der Waals surface area contributed by atoms with Crippen LogP contribution in [0.5, 0.6) is 0 Å². The van der Waals surface area contributed by atoms with Crippen LogP contribution in [-0.2, 0) is 0 Å². The molecule has 0 aromatic rings. The van der Waals surface area contributed by atoms with E-state index in [4.69, 9.17) is 16.7 Å². The Kier molecular flexibility index (Phi) is 2.15. The molecule has 0 aromatic carbocycles. The van der Waals surface area contributed by atoms with Gasteiger partial charge < -0.3 is 5.11 Å². The van der Waals surface area contributed by atoms with E-state index in [0.29, 0.717) is 0 Å². The summed E-state index contributed by atoms with van der Waals surface area (Å²) in [4.78, 5) is 0. The zero-order valence-corrected chi connectivity index (χ0v) is 6.11. The summed E-state index contributed by atoms with van der Waals surface area (Å²) in [5.41, 5.74) is 0. The number of halogens is 3. The third-order valence-corrected chi connectivity index (χ3v) is 2.14. The van der Waals surface area contributed by atoms with Crippen LogP contribution in [0.2, 0.25) is 0 Å². The highest BCUT2D eigenvalue weighted by Crippen LogP contribution is 2.44. The number of hydrogen-bond acceptors (Lipinski definition) is 1. The van der Waals surface area contributed by atoms with Crippen LogP contribution < -0.4 is 0 Å². The van der Waals surface area contributed by atoms with Crippen LogP contribution in [-0.4, -0.2) is 23.0 Å². The van der Waals surface area contributed by atoms with Gasteiger partial charge in [0.1, 0.15) is 0 Å². The van der Waals surface area contributed by atoms with Gasteiger partial charge in [-0.2, -0.15) is 0 Å². The Labute approximate surface area is 63.0 Å². The molecule has 1 saturated carbocycles. The lowest BCUT2D eigenvalue weighted by Gasteiger charge is -2.37. The summed E-state index contributed by atoms with van der Waals surface area (Å²) in [5.74, 6) is -2.77. The van der Waals surface area contributed by atoms with E-state index in [2.05, 4.69) is 0 Å². The summed E-state index contributed by atoms with van der Waals surface area (Å²) in [7, 11) is 0. The van der Waals surface area contributed by atoms with Crippen LogP contribution in [0, 0.1) is 5.92 Å². The Morgan fingerprint density at radius 2 is 2.10 bits per heavy atom. The van der Waals surface area contributed by atoms with E-state index in [1.54, 1.807) is 0 Å². The van der Waals surface area contributed by atoms with Gasteiger partial charge in [-0.25, -0.2) is 8.78 Å². The molecule has 60 valence electrons. The van der Waals surface area contributed by atoms with Gasteiger partial charge in [0, 0.05) is 18.7 Å². The molecule has 1 N–H and O–H groups in total. The van der Waals surface area contributed by atoms with E-state index in [1.165, 1.54) is 0 Å². The van der Waals surface area contributed by atoms with Gasteiger partial charge in [-0.1, -0.05) is 0 Å². The molecular weight excluding hydrogens is 162 g/mol. The van der Waals surface area contributed by atoms with Gasteiger partial charge in [0.2, 0.25) is 5.92 Å². The fraction of sp³-hybridized carbons (Fsp3) is 1.00. The molecule has 10 heavy (non-hydrogen) atoms. The third kappa shape index (κ3) is 1.58. The van der Waals surface area contributed by atoms with Crippen LogP contribution in [0.25, 0.3) is 0 Å². The van der Waals surface area contributed by atoms with Gasteiger partial charge in [-0.3, -0.25) is 0 Å². The summed E-state index contributed by atoms with van der Waals surface area (Å²) < 4.78 is 24.3. The first kappa shape index (κ1) is 8.21. The lowest BCUT2D eigenvalue weighted by molar-refractivity contribution is -0.137. The van der Waals surface area contributed by atoms with E-state index in [0.717, 1.165) is 0 Å². The standard InChI is InChI=1S/C6H9ClF2O/c7-3-5(10)4-1-6(8,9)2-4/h4-5,10H,1-3H2. The van der Waals surface area contributed by atoms with Gasteiger partial charge in [-0.05, 0) is 5.92 Å². The second-order valence-electron chi connectivity index (χ2n) is 2.75. The maximum Gasteiger partial charge on any atom is 0.248 e. The largest absolute Gasteiger partial charge is 0.392 e. The molecule has 0 aromatic heterocycles. The molecule has 1 aliphatic carbocycles. The maximum absolute atomic E-state index is 12.1. The average molecular weight is 171 g/mol. The predicted molar refractivity (Wildman–Crippen MR) is 34.4 cm³/mol. The van der Waals surface area contributed by atoms with Crippen LogP contribution in [0.1, 0.15) is 12.8 Å². The van der Waals surface area contributed by atoms with Crippen LogP contribution in [0.3, 0.4) is 0 Å². The number of alkyl halides is 3. The minimum Gasteiger partial charge on any atom is -0.392 e. The minimum atomic E-state index is -2.54. The second kappa shape index (κ2) is 2.62. The van der Waals surface area contributed by atoms with Crippen molar-refractivity contribution in [3.63, 3.8) is 0 Å². The molecule has 1 rings (SSSR count). The van der Waals surface area contributed by atoms with Gasteiger partial charge in [0.25, 0.3) is 0 Å². The average Bonchev–Trinajstić information content (AvgIpc) is 1.81. The number of hydrogen-bond donors (Lipinski definition) is 1. The predicted octanol–water partition coefficient (Wildman–Crippen LogP) is 1.63. The molecule has 4 heteroatoms. The van der Waals surface area contributed by atoms with E-state index in [1.807, 2.05) is 0 Å². The zero-order valence-electron chi connectivity index (χ0n) is 5.36. The lowest BCUT2D eigenvalue weighted by atomic mass is 9.78. The molecule has 1 fully saturated rings. The molecule has 0 spiro atoms. The molecule has 0 amide bonds. The van der Waals surface area contributed by atoms with Crippen molar-refractivity contribution in [3.05, 3.63) is 0 Å². The van der Waals surface area contributed by atoms with Crippen molar-refractivity contribution in [3.8, 4) is 0 Å². The monoisotopic (exact) mass is 170 g/mol. The van der Waals surface area contributed by atoms with Crippen molar-refractivity contribution in [2.75, 3.05) is 5.88 Å². The summed E-state index contributed by atoms with van der Waals surface area (Å²) in [5, 5.41) is 8.94. The molecule has 0 bridgehead atoms. The zero-order chi connectivity index (χ0) is 7.78. The van der Waals surface area contributed by atoms with Gasteiger partial charge in [0.05, 0.1) is 6.10 Å². The first-order valence-corrected chi connectivity index (χ1v) is 3.70. The van der Waals surface area contributed by atoms with Gasteiger partial charge >= 0.3 is 0 Å². The fourth-order valence-electron chi connectivity index (χ4n) is 1.11. The quantitative estimate of drug-likeness (QED) is 0.625. The van der Waals surface area contributed by atoms with Crippen molar-refractivity contribution in [2.45, 2.75) is 24.9 Å². The summed E-state index contributed by atoms with van der Waals surface area (Å²) in [6, 6.07) is 0. The smallest absolute Gasteiger partial charge is 0.248 e. The lowest BCUT2D eigenvalue weighted by Crippen LogP contribution is -2.42. The van der Waals surface area contributed by atoms with Crippen molar-refractivity contribution in [2.24, 2.45) is 5.92 Å². The van der Waals surface area contributed by atoms with Crippen molar-refractivity contribution in [1.82, 2.24) is 0 Å². The van der Waals surface area contributed by atoms with Gasteiger partial charge in [0.15, 0.2) is 0 Å². The fourth-order valence-corrected chi connectivity index (χ4v) is 1.36. The number of aliphatic hydroxyl groups is 1. The molecule has 1 aliphatic rings. The highest BCUT2D eigenvalue weighted by molar-refractivity contribution is 6.18. The first-order chi connectivity index (χ1) is 4.55. The maximum atomic E-state index is 12.1. The van der Waals surface area contributed by atoms with Crippen LogP contribution in [0.15, 0.2) is 0 Å². The van der Waals surface area contributed by atoms with Crippen molar-refractivity contribution >= 4 is 11.6 Å². The van der Waals surface area contributed by atoms with Crippen molar-refractivity contribution < 1.29 is 13.9 Å². The molecular formula is C6H9ClF2O.